The highest BCUT2D eigenvalue weighted by molar-refractivity contribution is 5.81. The average Bonchev–Trinajstić information content (AvgIpc) is 2.49. The van der Waals surface area contributed by atoms with Crippen molar-refractivity contribution >= 4 is 5.91 Å². The fraction of sp³-hybridized carbons (Fsp3) is 0.933. The molecule has 1 aliphatic heterocycles. The molecule has 0 aromatic carbocycles. The van der Waals surface area contributed by atoms with Crippen LogP contribution in [0.15, 0.2) is 0 Å². The summed E-state index contributed by atoms with van der Waals surface area (Å²) in [7, 11) is 1.68. The number of hydrogen-bond acceptors (Lipinski definition) is 4. The lowest BCUT2D eigenvalue weighted by Gasteiger charge is -2.35. The Morgan fingerprint density at radius 2 is 2.05 bits per heavy atom. The van der Waals surface area contributed by atoms with Crippen LogP contribution in [0.3, 0.4) is 0 Å². The van der Waals surface area contributed by atoms with E-state index < -0.39 is 0 Å². The second-order valence-electron chi connectivity index (χ2n) is 5.58. The third-order valence-corrected chi connectivity index (χ3v) is 3.96. The average molecular weight is 285 g/mol. The van der Waals surface area contributed by atoms with Gasteiger partial charge in [0.25, 0.3) is 0 Å². The van der Waals surface area contributed by atoms with Gasteiger partial charge in [0.05, 0.1) is 6.04 Å². The Kier molecular flexibility index (Phi) is 8.82. The third-order valence-electron chi connectivity index (χ3n) is 3.96. The quantitative estimate of drug-likeness (QED) is 0.620. The van der Waals surface area contributed by atoms with Crippen molar-refractivity contribution < 1.29 is 9.53 Å². The van der Waals surface area contributed by atoms with Crippen molar-refractivity contribution in [3.8, 4) is 0 Å². The summed E-state index contributed by atoms with van der Waals surface area (Å²) in [6.45, 7) is 8.71. The van der Waals surface area contributed by atoms with E-state index in [4.69, 9.17) is 4.74 Å². The highest BCUT2D eigenvalue weighted by Gasteiger charge is 2.25. The lowest BCUT2D eigenvalue weighted by atomic mass is 10.0. The van der Waals surface area contributed by atoms with Crippen molar-refractivity contribution in [3.63, 3.8) is 0 Å². The van der Waals surface area contributed by atoms with Crippen LogP contribution >= 0.6 is 0 Å². The van der Waals surface area contributed by atoms with Crippen LogP contribution in [0.4, 0.5) is 0 Å². The smallest absolute Gasteiger partial charge is 0.237 e. The van der Waals surface area contributed by atoms with Gasteiger partial charge in [-0.2, -0.15) is 0 Å². The molecule has 1 unspecified atom stereocenters. The lowest BCUT2D eigenvalue weighted by Crippen LogP contribution is -2.51. The molecular weight excluding hydrogens is 254 g/mol. The van der Waals surface area contributed by atoms with Crippen LogP contribution in [0, 0.1) is 0 Å². The molecular formula is C15H31N3O2. The molecule has 0 aromatic rings. The lowest BCUT2D eigenvalue weighted by molar-refractivity contribution is -0.126. The molecule has 5 nitrogen and oxygen atoms in total. The number of nitrogens with zero attached hydrogens (tertiary/aromatic N) is 1. The van der Waals surface area contributed by atoms with E-state index >= 15 is 0 Å². The minimum Gasteiger partial charge on any atom is -0.385 e. The molecule has 0 aromatic heterocycles. The van der Waals surface area contributed by atoms with Crippen molar-refractivity contribution in [2.45, 2.75) is 51.6 Å². The summed E-state index contributed by atoms with van der Waals surface area (Å²) in [5.74, 6) is 0.140. The van der Waals surface area contributed by atoms with Crippen LogP contribution in [0.1, 0.15) is 39.5 Å². The van der Waals surface area contributed by atoms with E-state index in [9.17, 15) is 4.79 Å². The molecule has 1 heterocycles. The molecule has 0 saturated carbocycles. The van der Waals surface area contributed by atoms with Crippen LogP contribution in [0.25, 0.3) is 0 Å². The molecule has 1 saturated heterocycles. The Hall–Kier alpha value is -0.650. The van der Waals surface area contributed by atoms with Crippen LogP contribution in [-0.2, 0) is 9.53 Å². The molecule has 0 aliphatic carbocycles. The molecule has 1 atom stereocenters. The highest BCUT2D eigenvalue weighted by Crippen LogP contribution is 2.13. The first-order valence-corrected chi connectivity index (χ1v) is 7.93. The number of carbonyl (C=O) groups is 1. The highest BCUT2D eigenvalue weighted by atomic mass is 16.5. The summed E-state index contributed by atoms with van der Waals surface area (Å²) in [5, 5.41) is 6.55. The maximum absolute atomic E-state index is 12.0. The zero-order chi connectivity index (χ0) is 14.8. The van der Waals surface area contributed by atoms with Crippen LogP contribution in [0.5, 0.6) is 0 Å². The van der Waals surface area contributed by atoms with Crippen molar-refractivity contribution in [1.29, 1.82) is 0 Å². The van der Waals surface area contributed by atoms with Crippen molar-refractivity contribution in [2.24, 2.45) is 0 Å². The molecule has 1 aliphatic rings. The number of piperidine rings is 1. The maximum atomic E-state index is 12.0. The third kappa shape index (κ3) is 6.20. The second-order valence-corrected chi connectivity index (χ2v) is 5.58. The Labute approximate surface area is 123 Å². The number of nitrogens with one attached hydrogen (secondary N) is 2. The molecule has 118 valence electrons. The number of amides is 1. The summed E-state index contributed by atoms with van der Waals surface area (Å²) in [6, 6.07) is 0.604. The number of methoxy groups -OCH3 is 1. The van der Waals surface area contributed by atoms with Crippen molar-refractivity contribution in [3.05, 3.63) is 0 Å². The number of rotatable bonds is 9. The molecule has 1 amide bonds. The van der Waals surface area contributed by atoms with E-state index in [1.165, 1.54) is 6.42 Å². The largest absolute Gasteiger partial charge is 0.385 e. The summed E-state index contributed by atoms with van der Waals surface area (Å²) in [4.78, 5) is 14.3. The molecule has 0 radical (unpaired) electrons. The molecule has 20 heavy (non-hydrogen) atoms. The summed E-state index contributed by atoms with van der Waals surface area (Å²) < 4.78 is 4.98. The maximum Gasteiger partial charge on any atom is 0.237 e. The fourth-order valence-electron chi connectivity index (χ4n) is 2.58. The first-order valence-electron chi connectivity index (χ1n) is 7.93. The first kappa shape index (κ1) is 17.4. The van der Waals surface area contributed by atoms with Gasteiger partial charge in [-0.05, 0) is 39.2 Å². The minimum atomic E-state index is -0.0235. The minimum absolute atomic E-state index is 0.0235. The Morgan fingerprint density at radius 1 is 1.35 bits per heavy atom. The molecule has 0 spiro atoms. The Bertz CT molecular complexity index is 266. The van der Waals surface area contributed by atoms with Gasteiger partial charge in [0.2, 0.25) is 5.91 Å². The number of hydrogen-bond donors (Lipinski definition) is 2. The Balaban J connectivity index is 2.20. The summed E-state index contributed by atoms with van der Waals surface area (Å²) >= 11 is 0. The summed E-state index contributed by atoms with van der Waals surface area (Å²) in [5.41, 5.74) is 0. The van der Waals surface area contributed by atoms with Crippen LogP contribution in [0.2, 0.25) is 0 Å². The Morgan fingerprint density at radius 3 is 2.65 bits per heavy atom. The molecule has 0 bridgehead atoms. The standard InChI is InChI=1S/C15H31N3O2/c1-4-8-16-14-6-10-18(11-7-14)13(2)15(19)17-9-5-12-20-3/h13-14,16H,4-12H2,1-3H3,(H,17,19). The van der Waals surface area contributed by atoms with Gasteiger partial charge in [-0.25, -0.2) is 0 Å². The van der Waals surface area contributed by atoms with E-state index in [-0.39, 0.29) is 11.9 Å². The van der Waals surface area contributed by atoms with Crippen LogP contribution in [-0.4, -0.2) is 62.8 Å². The molecule has 1 fully saturated rings. The van der Waals surface area contributed by atoms with Gasteiger partial charge in [-0.15, -0.1) is 0 Å². The zero-order valence-corrected chi connectivity index (χ0v) is 13.3. The number of ether oxygens (including phenoxy) is 1. The SMILES string of the molecule is CCCNC1CCN(C(C)C(=O)NCCCOC)CC1. The normalized spacial score (nSPS) is 18.9. The van der Waals surface area contributed by atoms with E-state index in [1.807, 2.05) is 6.92 Å². The van der Waals surface area contributed by atoms with Gasteiger partial charge in [-0.1, -0.05) is 6.92 Å². The fourth-order valence-corrected chi connectivity index (χ4v) is 2.58. The van der Waals surface area contributed by atoms with Gasteiger partial charge >= 0.3 is 0 Å². The van der Waals surface area contributed by atoms with E-state index in [2.05, 4.69) is 22.5 Å². The van der Waals surface area contributed by atoms with Gasteiger partial charge in [0, 0.05) is 39.4 Å². The topological polar surface area (TPSA) is 53.6 Å². The van der Waals surface area contributed by atoms with E-state index in [0.29, 0.717) is 19.2 Å². The van der Waals surface area contributed by atoms with Gasteiger partial charge in [-0.3, -0.25) is 9.69 Å². The number of carbonyl (C=O) groups excluding carboxylic acids is 1. The van der Waals surface area contributed by atoms with E-state index in [1.54, 1.807) is 7.11 Å². The van der Waals surface area contributed by atoms with Crippen molar-refractivity contribution in [1.82, 2.24) is 15.5 Å². The predicted molar refractivity (Wildman–Crippen MR) is 81.9 cm³/mol. The van der Waals surface area contributed by atoms with Crippen molar-refractivity contribution in [2.75, 3.05) is 39.9 Å². The second kappa shape index (κ2) is 10.1. The van der Waals surface area contributed by atoms with Gasteiger partial charge in [0.15, 0.2) is 0 Å². The number of likely N-dealkylation sites (tertiary alicyclic amines) is 1. The van der Waals surface area contributed by atoms with E-state index in [0.717, 1.165) is 38.9 Å². The molecule has 5 heteroatoms. The molecule has 2 N–H and O–H groups in total. The van der Waals surface area contributed by atoms with Crippen LogP contribution < -0.4 is 10.6 Å². The van der Waals surface area contributed by atoms with Gasteiger partial charge < -0.3 is 15.4 Å². The summed E-state index contributed by atoms with van der Waals surface area (Å²) in [6.07, 6.45) is 4.33. The first-order chi connectivity index (χ1) is 9.69. The van der Waals surface area contributed by atoms with Gasteiger partial charge in [0.1, 0.15) is 0 Å². The monoisotopic (exact) mass is 285 g/mol. The predicted octanol–water partition coefficient (Wildman–Crippen LogP) is 0.992. The molecule has 1 rings (SSSR count). The zero-order valence-electron chi connectivity index (χ0n) is 13.3.